The van der Waals surface area contributed by atoms with Crippen LogP contribution in [0.1, 0.15) is 44.3 Å². The largest absolute Gasteiger partial charge is 0.444 e. The number of primary amides is 1. The van der Waals surface area contributed by atoms with Gasteiger partial charge in [-0.15, -0.1) is 0 Å². The quantitative estimate of drug-likeness (QED) is 0.769. The van der Waals surface area contributed by atoms with Crippen LogP contribution < -0.4 is 11.1 Å². The van der Waals surface area contributed by atoms with Crippen LogP contribution in [0.3, 0.4) is 0 Å². The predicted molar refractivity (Wildman–Crippen MR) is 105 cm³/mol. The van der Waals surface area contributed by atoms with Crippen LogP contribution >= 0.6 is 15.9 Å². The van der Waals surface area contributed by atoms with Crippen LogP contribution in [0.25, 0.3) is 11.0 Å². The molecule has 0 spiro atoms. The molecule has 27 heavy (non-hydrogen) atoms. The fraction of sp³-hybridized carbons (Fsp3) is 0.526. The number of carbonyl (C=O) groups excluding carboxylic acids is 1. The zero-order valence-corrected chi connectivity index (χ0v) is 16.5. The van der Waals surface area contributed by atoms with E-state index in [4.69, 9.17) is 15.4 Å². The number of pyridine rings is 1. The summed E-state index contributed by atoms with van der Waals surface area (Å²) in [5.74, 6) is 0.859. The SMILES string of the molecule is N#Cc1cc2c(Br)c(NC3CCC(N4CCC[C@H]4C(N)=O)CC3)ncc2o1. The number of hydrogen-bond acceptors (Lipinski definition) is 6. The van der Waals surface area contributed by atoms with E-state index in [0.717, 1.165) is 60.7 Å². The molecule has 3 heterocycles. The highest BCUT2D eigenvalue weighted by Crippen LogP contribution is 2.34. The van der Waals surface area contributed by atoms with E-state index in [0.29, 0.717) is 17.7 Å². The fourth-order valence-corrected chi connectivity index (χ4v) is 4.94. The van der Waals surface area contributed by atoms with Crippen molar-refractivity contribution in [2.75, 3.05) is 11.9 Å². The molecule has 3 N–H and O–H groups in total. The minimum Gasteiger partial charge on any atom is -0.444 e. The first-order valence-electron chi connectivity index (χ1n) is 9.36. The monoisotopic (exact) mass is 431 g/mol. The molecule has 0 radical (unpaired) electrons. The second-order valence-corrected chi connectivity index (χ2v) is 8.16. The van der Waals surface area contributed by atoms with Gasteiger partial charge in [-0.25, -0.2) is 4.98 Å². The maximum Gasteiger partial charge on any atom is 0.234 e. The molecule has 1 amide bonds. The third kappa shape index (κ3) is 3.54. The fourth-order valence-electron chi connectivity index (χ4n) is 4.41. The first-order chi connectivity index (χ1) is 13.1. The van der Waals surface area contributed by atoms with Gasteiger partial charge < -0.3 is 15.5 Å². The number of nitrogens with one attached hydrogen (secondary N) is 1. The van der Waals surface area contributed by atoms with Gasteiger partial charge in [0.05, 0.1) is 16.7 Å². The van der Waals surface area contributed by atoms with Crippen molar-refractivity contribution in [1.82, 2.24) is 9.88 Å². The number of fused-ring (bicyclic) bond motifs is 1. The summed E-state index contributed by atoms with van der Waals surface area (Å²) in [6, 6.07) is 4.42. The number of nitriles is 1. The van der Waals surface area contributed by atoms with Gasteiger partial charge in [0.15, 0.2) is 5.58 Å². The molecule has 0 aromatic carbocycles. The van der Waals surface area contributed by atoms with E-state index in [1.54, 1.807) is 12.3 Å². The Labute approximate surface area is 166 Å². The van der Waals surface area contributed by atoms with E-state index in [1.165, 1.54) is 0 Å². The molecule has 1 aliphatic carbocycles. The van der Waals surface area contributed by atoms with Crippen LogP contribution in [0.4, 0.5) is 5.82 Å². The summed E-state index contributed by atoms with van der Waals surface area (Å²) in [6.45, 7) is 0.974. The number of hydrogen-bond donors (Lipinski definition) is 2. The Bertz CT molecular complexity index is 897. The molecule has 8 heteroatoms. The van der Waals surface area contributed by atoms with Gasteiger partial charge in [-0.05, 0) is 61.0 Å². The molecule has 1 saturated heterocycles. The second kappa shape index (κ2) is 7.49. The van der Waals surface area contributed by atoms with Crippen molar-refractivity contribution in [3.63, 3.8) is 0 Å². The molecule has 0 bridgehead atoms. The standard InChI is InChI=1S/C19H22BrN5O2/c20-17-14-8-13(9-21)27-16(14)10-23-19(17)24-11-3-5-12(6-4-11)25-7-1-2-15(25)18(22)26/h8,10-12,15H,1-7H2,(H2,22,26)(H,23,24)/t11?,12?,15-/m0/s1. The Hall–Kier alpha value is -2.11. The molecule has 2 aliphatic rings. The number of furan rings is 1. The lowest BCUT2D eigenvalue weighted by molar-refractivity contribution is -0.123. The minimum absolute atomic E-state index is 0.0897. The van der Waals surface area contributed by atoms with Gasteiger partial charge in [0.1, 0.15) is 11.9 Å². The van der Waals surface area contributed by atoms with Gasteiger partial charge >= 0.3 is 0 Å². The number of nitrogens with zero attached hydrogens (tertiary/aromatic N) is 3. The second-order valence-electron chi connectivity index (χ2n) is 7.37. The normalized spacial score (nSPS) is 26.1. The molecule has 2 fully saturated rings. The Morgan fingerprint density at radius 1 is 1.37 bits per heavy atom. The van der Waals surface area contributed by atoms with Crippen molar-refractivity contribution in [2.24, 2.45) is 5.73 Å². The number of likely N-dealkylation sites (tertiary alicyclic amines) is 1. The zero-order chi connectivity index (χ0) is 19.0. The maximum absolute atomic E-state index is 11.7. The number of amides is 1. The minimum atomic E-state index is -0.189. The molecule has 7 nitrogen and oxygen atoms in total. The smallest absolute Gasteiger partial charge is 0.234 e. The summed E-state index contributed by atoms with van der Waals surface area (Å²) in [5.41, 5.74) is 6.16. The Morgan fingerprint density at radius 2 is 2.15 bits per heavy atom. The topological polar surface area (TPSA) is 108 Å². The summed E-state index contributed by atoms with van der Waals surface area (Å²) < 4.78 is 6.24. The highest BCUT2D eigenvalue weighted by atomic mass is 79.9. The van der Waals surface area contributed by atoms with E-state index in [-0.39, 0.29) is 17.7 Å². The van der Waals surface area contributed by atoms with E-state index in [2.05, 4.69) is 31.1 Å². The van der Waals surface area contributed by atoms with Crippen molar-refractivity contribution in [1.29, 1.82) is 5.26 Å². The Kier molecular flexibility index (Phi) is 5.06. The molecular weight excluding hydrogens is 410 g/mol. The first kappa shape index (κ1) is 18.3. The Balaban J connectivity index is 1.41. The molecule has 1 aliphatic heterocycles. The maximum atomic E-state index is 11.7. The molecule has 1 saturated carbocycles. The molecule has 142 valence electrons. The number of anilines is 1. The van der Waals surface area contributed by atoms with E-state index in [1.807, 2.05) is 6.07 Å². The highest BCUT2D eigenvalue weighted by molar-refractivity contribution is 9.10. The molecule has 0 unspecified atom stereocenters. The number of halogens is 1. The third-order valence-electron chi connectivity index (χ3n) is 5.76. The van der Waals surface area contributed by atoms with Crippen molar-refractivity contribution in [3.8, 4) is 6.07 Å². The number of rotatable bonds is 4. The predicted octanol–water partition coefficient (Wildman–Crippen LogP) is 3.13. The summed E-state index contributed by atoms with van der Waals surface area (Å²) in [6.07, 6.45) is 7.73. The average Bonchev–Trinajstić information content (AvgIpc) is 3.32. The van der Waals surface area contributed by atoms with Crippen molar-refractivity contribution in [3.05, 3.63) is 22.5 Å². The van der Waals surface area contributed by atoms with Gasteiger partial charge in [0, 0.05) is 23.5 Å². The van der Waals surface area contributed by atoms with Gasteiger partial charge in [0.25, 0.3) is 0 Å². The summed E-state index contributed by atoms with van der Waals surface area (Å²) in [4.78, 5) is 18.4. The first-order valence-corrected chi connectivity index (χ1v) is 10.2. The van der Waals surface area contributed by atoms with Crippen LogP contribution in [0, 0.1) is 11.3 Å². The van der Waals surface area contributed by atoms with Gasteiger partial charge in [-0.3, -0.25) is 9.69 Å². The Morgan fingerprint density at radius 3 is 2.85 bits per heavy atom. The molecule has 4 rings (SSSR count). The molecule has 2 aromatic heterocycles. The zero-order valence-electron chi connectivity index (χ0n) is 14.9. The lowest BCUT2D eigenvalue weighted by Gasteiger charge is -2.37. The van der Waals surface area contributed by atoms with Gasteiger partial charge in [-0.2, -0.15) is 5.26 Å². The van der Waals surface area contributed by atoms with Crippen LogP contribution in [0.5, 0.6) is 0 Å². The van der Waals surface area contributed by atoms with Crippen molar-refractivity contribution in [2.45, 2.75) is 56.7 Å². The lowest BCUT2D eigenvalue weighted by Crippen LogP contribution is -2.48. The van der Waals surface area contributed by atoms with Crippen molar-refractivity contribution >= 4 is 38.6 Å². The van der Waals surface area contributed by atoms with Crippen LogP contribution in [-0.4, -0.2) is 40.5 Å². The van der Waals surface area contributed by atoms with E-state index >= 15 is 0 Å². The third-order valence-corrected chi connectivity index (χ3v) is 6.56. The summed E-state index contributed by atoms with van der Waals surface area (Å²) in [5, 5.41) is 13.4. The van der Waals surface area contributed by atoms with E-state index in [9.17, 15) is 4.79 Å². The molecular formula is C19H22BrN5O2. The number of carbonyl (C=O) groups is 1. The van der Waals surface area contributed by atoms with Gasteiger partial charge in [-0.1, -0.05) is 0 Å². The van der Waals surface area contributed by atoms with Crippen molar-refractivity contribution < 1.29 is 9.21 Å². The number of nitrogens with two attached hydrogens (primary N) is 1. The van der Waals surface area contributed by atoms with Crippen LogP contribution in [0.2, 0.25) is 0 Å². The lowest BCUT2D eigenvalue weighted by atomic mass is 9.89. The average molecular weight is 432 g/mol. The van der Waals surface area contributed by atoms with Crippen LogP contribution in [-0.2, 0) is 4.79 Å². The molecule has 1 atom stereocenters. The van der Waals surface area contributed by atoms with E-state index < -0.39 is 0 Å². The molecule has 2 aromatic rings. The summed E-state index contributed by atoms with van der Waals surface area (Å²) in [7, 11) is 0. The highest BCUT2D eigenvalue weighted by Gasteiger charge is 2.36. The van der Waals surface area contributed by atoms with Crippen LogP contribution in [0.15, 0.2) is 21.2 Å². The van der Waals surface area contributed by atoms with Gasteiger partial charge in [0.2, 0.25) is 11.7 Å². The number of aromatic nitrogens is 1. The summed E-state index contributed by atoms with van der Waals surface area (Å²) >= 11 is 3.59.